The highest BCUT2D eigenvalue weighted by Gasteiger charge is 2.06. The van der Waals surface area contributed by atoms with Crippen LogP contribution in [0.2, 0.25) is 0 Å². The Balaban J connectivity index is 2.59. The van der Waals surface area contributed by atoms with Gasteiger partial charge < -0.3 is 10.1 Å². The summed E-state index contributed by atoms with van der Waals surface area (Å²) in [6, 6.07) is 0. The topological polar surface area (TPSA) is 47.0 Å². The fourth-order valence-electron chi connectivity index (χ4n) is 0.996. The van der Waals surface area contributed by atoms with E-state index in [4.69, 9.17) is 4.74 Å². The second-order valence-corrected chi connectivity index (χ2v) is 4.20. The van der Waals surface area contributed by atoms with E-state index >= 15 is 0 Å². The lowest BCUT2D eigenvalue weighted by atomic mass is 10.5. The molecule has 1 aromatic heterocycles. The molecule has 1 aromatic rings. The molecule has 90 valence electrons. The van der Waals surface area contributed by atoms with Gasteiger partial charge in [-0.3, -0.25) is 0 Å². The number of methoxy groups -OCH3 is 1. The Morgan fingerprint density at radius 2 is 2.38 bits per heavy atom. The number of rotatable bonds is 7. The lowest BCUT2D eigenvalue weighted by Gasteiger charge is -2.05. The van der Waals surface area contributed by atoms with Gasteiger partial charge in [0.25, 0.3) is 0 Å². The zero-order valence-electron chi connectivity index (χ0n) is 9.49. The maximum absolute atomic E-state index is 13.3. The maximum Gasteiger partial charge on any atom is 0.223 e. The number of anilines is 1. The average Bonchev–Trinajstić information content (AvgIpc) is 2.30. The van der Waals surface area contributed by atoms with Crippen LogP contribution in [0, 0.1) is 5.82 Å². The van der Waals surface area contributed by atoms with E-state index in [1.54, 1.807) is 7.11 Å². The zero-order valence-corrected chi connectivity index (χ0v) is 10.3. The molecule has 0 unspecified atom stereocenters. The summed E-state index contributed by atoms with van der Waals surface area (Å²) in [7, 11) is 1.62. The maximum atomic E-state index is 13.3. The van der Waals surface area contributed by atoms with Gasteiger partial charge in [-0.15, -0.1) is 11.8 Å². The lowest BCUT2D eigenvalue weighted by Crippen LogP contribution is -2.06. The first-order valence-electron chi connectivity index (χ1n) is 5.16. The second kappa shape index (κ2) is 7.40. The number of nitrogens with zero attached hydrogens (tertiary/aromatic N) is 2. The van der Waals surface area contributed by atoms with Gasteiger partial charge in [-0.1, -0.05) is 6.92 Å². The van der Waals surface area contributed by atoms with Gasteiger partial charge in [0, 0.05) is 19.4 Å². The van der Waals surface area contributed by atoms with Crippen molar-refractivity contribution in [3.8, 4) is 0 Å². The van der Waals surface area contributed by atoms with Crippen molar-refractivity contribution in [3.63, 3.8) is 0 Å². The van der Waals surface area contributed by atoms with E-state index in [2.05, 4.69) is 15.3 Å². The highest BCUT2D eigenvalue weighted by molar-refractivity contribution is 7.99. The van der Waals surface area contributed by atoms with Crippen molar-refractivity contribution in [3.05, 3.63) is 12.0 Å². The van der Waals surface area contributed by atoms with Gasteiger partial charge in [-0.25, -0.2) is 14.4 Å². The fraction of sp³-hybridized carbons (Fsp3) is 0.600. The van der Waals surface area contributed by atoms with Crippen LogP contribution in [0.4, 0.5) is 10.3 Å². The molecule has 4 nitrogen and oxygen atoms in total. The van der Waals surface area contributed by atoms with Crippen LogP contribution in [0.15, 0.2) is 11.2 Å². The molecular formula is C10H16FN3OS. The Labute approximate surface area is 99.0 Å². The van der Waals surface area contributed by atoms with Crippen LogP contribution >= 0.6 is 11.8 Å². The standard InChI is InChI=1S/C10H16FN3OS/c1-3-4-12-10-13-7-8(11)9(14-10)16-6-5-15-2/h7H,3-6H2,1-2H3,(H,12,13,14). The van der Waals surface area contributed by atoms with Gasteiger partial charge in [-0.2, -0.15) is 0 Å². The number of halogens is 1. The Morgan fingerprint density at radius 3 is 3.06 bits per heavy atom. The van der Waals surface area contributed by atoms with Crippen molar-refractivity contribution in [2.45, 2.75) is 18.4 Å². The third-order valence-electron chi connectivity index (χ3n) is 1.77. The van der Waals surface area contributed by atoms with E-state index in [1.165, 1.54) is 18.0 Å². The minimum atomic E-state index is -0.386. The van der Waals surface area contributed by atoms with Gasteiger partial charge in [0.2, 0.25) is 5.95 Å². The summed E-state index contributed by atoms with van der Waals surface area (Å²) in [4.78, 5) is 7.95. The van der Waals surface area contributed by atoms with Crippen LogP contribution in [-0.2, 0) is 4.74 Å². The van der Waals surface area contributed by atoms with Crippen LogP contribution in [0.3, 0.4) is 0 Å². The molecule has 0 spiro atoms. The van der Waals surface area contributed by atoms with Gasteiger partial charge in [-0.05, 0) is 6.42 Å². The molecular weight excluding hydrogens is 229 g/mol. The Bertz CT molecular complexity index is 325. The first-order chi connectivity index (χ1) is 7.77. The number of thioether (sulfide) groups is 1. The Hall–Kier alpha value is -0.880. The number of hydrogen-bond donors (Lipinski definition) is 1. The minimum absolute atomic E-state index is 0.366. The molecule has 0 radical (unpaired) electrons. The van der Waals surface area contributed by atoms with Crippen molar-refractivity contribution >= 4 is 17.7 Å². The average molecular weight is 245 g/mol. The molecule has 0 saturated heterocycles. The molecule has 0 amide bonds. The largest absolute Gasteiger partial charge is 0.384 e. The third kappa shape index (κ3) is 4.32. The number of nitrogens with one attached hydrogen (secondary N) is 1. The molecule has 6 heteroatoms. The first kappa shape index (κ1) is 13.2. The molecule has 16 heavy (non-hydrogen) atoms. The first-order valence-corrected chi connectivity index (χ1v) is 6.14. The third-order valence-corrected chi connectivity index (χ3v) is 2.70. The Kier molecular flexibility index (Phi) is 6.10. The van der Waals surface area contributed by atoms with E-state index in [1.807, 2.05) is 6.92 Å². The van der Waals surface area contributed by atoms with Crippen molar-refractivity contribution in [2.24, 2.45) is 0 Å². The molecule has 0 bridgehead atoms. The molecule has 1 N–H and O–H groups in total. The second-order valence-electron chi connectivity index (χ2n) is 3.11. The van der Waals surface area contributed by atoms with E-state index in [0.29, 0.717) is 23.3 Å². The normalized spacial score (nSPS) is 10.4. The summed E-state index contributed by atoms with van der Waals surface area (Å²) >= 11 is 1.33. The number of ether oxygens (including phenoxy) is 1. The van der Waals surface area contributed by atoms with Gasteiger partial charge >= 0.3 is 0 Å². The van der Waals surface area contributed by atoms with Crippen molar-refractivity contribution in [1.82, 2.24) is 9.97 Å². The predicted molar refractivity (Wildman–Crippen MR) is 63.4 cm³/mol. The molecule has 0 aliphatic heterocycles. The molecule has 0 fully saturated rings. The van der Waals surface area contributed by atoms with Crippen molar-refractivity contribution in [1.29, 1.82) is 0 Å². The fourth-order valence-corrected chi connectivity index (χ4v) is 1.78. The SMILES string of the molecule is CCCNc1ncc(F)c(SCCOC)n1. The van der Waals surface area contributed by atoms with Crippen LogP contribution in [0.5, 0.6) is 0 Å². The van der Waals surface area contributed by atoms with Crippen LogP contribution < -0.4 is 5.32 Å². The van der Waals surface area contributed by atoms with Crippen LogP contribution in [0.1, 0.15) is 13.3 Å². The molecule has 0 atom stereocenters. The molecule has 1 rings (SSSR count). The Morgan fingerprint density at radius 1 is 1.56 bits per heavy atom. The van der Waals surface area contributed by atoms with Gasteiger partial charge in [0.15, 0.2) is 5.82 Å². The summed E-state index contributed by atoms with van der Waals surface area (Å²) in [5, 5.41) is 3.39. The quantitative estimate of drug-likeness (QED) is 0.453. The molecule has 0 aliphatic carbocycles. The summed E-state index contributed by atoms with van der Waals surface area (Å²) in [5.41, 5.74) is 0. The number of aromatic nitrogens is 2. The number of hydrogen-bond acceptors (Lipinski definition) is 5. The monoisotopic (exact) mass is 245 g/mol. The van der Waals surface area contributed by atoms with E-state index in [0.717, 1.165) is 13.0 Å². The highest BCUT2D eigenvalue weighted by Crippen LogP contribution is 2.19. The summed E-state index contributed by atoms with van der Waals surface area (Å²) in [6.45, 7) is 3.41. The minimum Gasteiger partial charge on any atom is -0.384 e. The van der Waals surface area contributed by atoms with Gasteiger partial charge in [0.05, 0.1) is 12.8 Å². The highest BCUT2D eigenvalue weighted by atomic mass is 32.2. The summed E-state index contributed by atoms with van der Waals surface area (Å²) < 4.78 is 18.2. The molecule has 1 heterocycles. The van der Waals surface area contributed by atoms with E-state index in [-0.39, 0.29) is 5.82 Å². The predicted octanol–water partition coefficient (Wildman–Crippen LogP) is 2.18. The molecule has 0 aromatic carbocycles. The summed E-state index contributed by atoms with van der Waals surface area (Å²) in [6.07, 6.45) is 2.17. The molecule has 0 aliphatic rings. The van der Waals surface area contributed by atoms with E-state index < -0.39 is 0 Å². The van der Waals surface area contributed by atoms with Gasteiger partial charge in [0.1, 0.15) is 5.03 Å². The van der Waals surface area contributed by atoms with Crippen molar-refractivity contribution < 1.29 is 9.13 Å². The zero-order chi connectivity index (χ0) is 11.8. The van der Waals surface area contributed by atoms with Crippen LogP contribution in [-0.4, -0.2) is 36.0 Å². The summed E-state index contributed by atoms with van der Waals surface area (Å²) in [5.74, 6) is 0.767. The van der Waals surface area contributed by atoms with Crippen molar-refractivity contribution in [2.75, 3.05) is 31.3 Å². The van der Waals surface area contributed by atoms with E-state index in [9.17, 15) is 4.39 Å². The molecule has 0 saturated carbocycles. The van der Waals surface area contributed by atoms with Crippen LogP contribution in [0.25, 0.3) is 0 Å². The lowest BCUT2D eigenvalue weighted by molar-refractivity contribution is 0.218. The smallest absolute Gasteiger partial charge is 0.223 e.